The minimum absolute atomic E-state index is 0.135. The van der Waals surface area contributed by atoms with Gasteiger partial charge in [0, 0.05) is 26.2 Å². The van der Waals surface area contributed by atoms with Gasteiger partial charge in [-0.1, -0.05) is 29.8 Å². The van der Waals surface area contributed by atoms with Crippen LogP contribution >= 0.6 is 0 Å². The monoisotopic (exact) mass is 346 g/mol. The van der Waals surface area contributed by atoms with E-state index < -0.39 is 5.60 Å². The van der Waals surface area contributed by atoms with E-state index in [4.69, 9.17) is 0 Å². The molecule has 25 heavy (non-hydrogen) atoms. The van der Waals surface area contributed by atoms with Crippen LogP contribution in [0.3, 0.4) is 0 Å². The van der Waals surface area contributed by atoms with E-state index in [1.54, 1.807) is 4.90 Å². The first-order chi connectivity index (χ1) is 12.0. The molecule has 2 heterocycles. The van der Waals surface area contributed by atoms with E-state index in [0.717, 1.165) is 37.9 Å². The molecule has 138 valence electrons. The molecule has 1 aromatic carbocycles. The number of aryl methyl sites for hydroxylation is 1. The van der Waals surface area contributed by atoms with Gasteiger partial charge in [0.2, 0.25) is 0 Å². The number of aliphatic hydroxyl groups is 2. The van der Waals surface area contributed by atoms with Crippen LogP contribution in [0.5, 0.6) is 0 Å². The Morgan fingerprint density at radius 3 is 2.68 bits per heavy atom. The molecule has 2 aliphatic rings. The molecule has 2 aliphatic heterocycles. The van der Waals surface area contributed by atoms with Crippen LogP contribution in [0.25, 0.3) is 0 Å². The molecule has 0 aliphatic carbocycles. The minimum atomic E-state index is -1.27. The quantitative estimate of drug-likeness (QED) is 0.849. The van der Waals surface area contributed by atoms with Crippen molar-refractivity contribution < 1.29 is 15.0 Å². The number of hydrogen-bond acceptors (Lipinski definition) is 4. The molecule has 2 fully saturated rings. The summed E-state index contributed by atoms with van der Waals surface area (Å²) in [5.41, 5.74) is 1.03. The first-order valence-corrected chi connectivity index (χ1v) is 9.41. The lowest BCUT2D eigenvalue weighted by Crippen LogP contribution is -2.59. The van der Waals surface area contributed by atoms with Gasteiger partial charge in [-0.25, -0.2) is 0 Å². The Morgan fingerprint density at radius 1 is 1.24 bits per heavy atom. The third-order valence-electron chi connectivity index (χ3n) is 5.61. The summed E-state index contributed by atoms with van der Waals surface area (Å²) in [5, 5.41) is 20.3. The van der Waals surface area contributed by atoms with Crippen molar-refractivity contribution in [3.05, 3.63) is 35.4 Å². The zero-order chi connectivity index (χ0) is 17.9. The van der Waals surface area contributed by atoms with Gasteiger partial charge in [0.15, 0.2) is 5.60 Å². The topological polar surface area (TPSA) is 64.0 Å². The summed E-state index contributed by atoms with van der Waals surface area (Å²) in [6, 6.07) is 8.19. The van der Waals surface area contributed by atoms with Crippen LogP contribution in [0, 0.1) is 12.8 Å². The molecule has 1 unspecified atom stereocenters. The Kier molecular flexibility index (Phi) is 5.77. The van der Waals surface area contributed by atoms with E-state index in [1.807, 2.05) is 25.1 Å². The molecule has 2 N–H and O–H groups in total. The molecular formula is C20H30N2O3. The molecule has 0 spiro atoms. The Labute approximate surface area is 150 Å². The van der Waals surface area contributed by atoms with Gasteiger partial charge >= 0.3 is 0 Å². The van der Waals surface area contributed by atoms with Gasteiger partial charge in [0.05, 0.1) is 0 Å². The van der Waals surface area contributed by atoms with Gasteiger partial charge in [0.25, 0.3) is 5.91 Å². The van der Waals surface area contributed by atoms with Gasteiger partial charge in [-0.3, -0.25) is 9.69 Å². The molecular weight excluding hydrogens is 316 g/mol. The van der Waals surface area contributed by atoms with Crippen LogP contribution in [-0.2, 0) is 11.3 Å². The van der Waals surface area contributed by atoms with Gasteiger partial charge in [-0.15, -0.1) is 0 Å². The molecule has 3 rings (SSSR count). The SMILES string of the molecule is Cc1cccc(CN2CCCC(O)(CN3CCC(CO)CC3)C2=O)c1. The van der Waals surface area contributed by atoms with Gasteiger partial charge in [-0.2, -0.15) is 0 Å². The van der Waals surface area contributed by atoms with E-state index in [9.17, 15) is 15.0 Å². The number of benzene rings is 1. The van der Waals surface area contributed by atoms with E-state index in [1.165, 1.54) is 5.56 Å². The number of carbonyl (C=O) groups is 1. The molecule has 0 aromatic heterocycles. The molecule has 0 bridgehead atoms. The van der Waals surface area contributed by atoms with Crippen molar-refractivity contribution in [1.82, 2.24) is 9.80 Å². The number of nitrogens with zero attached hydrogens (tertiary/aromatic N) is 2. The van der Waals surface area contributed by atoms with Crippen molar-refractivity contribution >= 4 is 5.91 Å². The van der Waals surface area contributed by atoms with Crippen molar-refractivity contribution in [3.63, 3.8) is 0 Å². The lowest BCUT2D eigenvalue weighted by atomic mass is 9.89. The fourth-order valence-corrected chi connectivity index (χ4v) is 4.09. The van der Waals surface area contributed by atoms with Crippen LogP contribution in [0.2, 0.25) is 0 Å². The van der Waals surface area contributed by atoms with Gasteiger partial charge in [0.1, 0.15) is 0 Å². The highest BCUT2D eigenvalue weighted by Gasteiger charge is 2.43. The predicted octanol–water partition coefficient (Wildman–Crippen LogP) is 1.55. The summed E-state index contributed by atoms with van der Waals surface area (Å²) >= 11 is 0. The summed E-state index contributed by atoms with van der Waals surface area (Å²) in [6.07, 6.45) is 3.25. The molecule has 5 nitrogen and oxygen atoms in total. The first-order valence-electron chi connectivity index (χ1n) is 9.41. The zero-order valence-corrected chi connectivity index (χ0v) is 15.2. The Hall–Kier alpha value is -1.43. The zero-order valence-electron chi connectivity index (χ0n) is 15.2. The van der Waals surface area contributed by atoms with E-state index in [-0.39, 0.29) is 12.5 Å². The molecule has 0 saturated carbocycles. The third-order valence-corrected chi connectivity index (χ3v) is 5.61. The van der Waals surface area contributed by atoms with E-state index in [0.29, 0.717) is 32.0 Å². The van der Waals surface area contributed by atoms with Crippen LogP contribution < -0.4 is 0 Å². The summed E-state index contributed by atoms with van der Waals surface area (Å²) < 4.78 is 0. The maximum atomic E-state index is 12.9. The number of rotatable bonds is 5. The second-order valence-corrected chi connectivity index (χ2v) is 7.75. The average molecular weight is 346 g/mol. The van der Waals surface area contributed by atoms with Crippen molar-refractivity contribution in [2.24, 2.45) is 5.92 Å². The molecule has 1 aromatic rings. The van der Waals surface area contributed by atoms with Crippen LogP contribution in [0.4, 0.5) is 0 Å². The summed E-state index contributed by atoms with van der Waals surface area (Å²) in [7, 11) is 0. The molecule has 1 amide bonds. The standard InChI is InChI=1S/C20H30N2O3/c1-16-4-2-5-18(12-16)13-22-9-3-8-20(25,19(22)24)15-21-10-6-17(14-23)7-11-21/h2,4-5,12,17,23,25H,3,6-11,13-15H2,1H3. The molecule has 2 saturated heterocycles. The largest absolute Gasteiger partial charge is 0.396 e. The molecule has 1 atom stereocenters. The third kappa shape index (κ3) is 4.40. The average Bonchev–Trinajstić information content (AvgIpc) is 2.60. The normalized spacial score (nSPS) is 26.2. The fraction of sp³-hybridized carbons (Fsp3) is 0.650. The number of hydrogen-bond donors (Lipinski definition) is 2. The fourth-order valence-electron chi connectivity index (χ4n) is 4.09. The van der Waals surface area contributed by atoms with Crippen molar-refractivity contribution in [2.75, 3.05) is 32.8 Å². The molecule has 0 radical (unpaired) electrons. The number of aliphatic hydroxyl groups excluding tert-OH is 1. The summed E-state index contributed by atoms with van der Waals surface area (Å²) in [4.78, 5) is 16.9. The maximum Gasteiger partial charge on any atom is 0.256 e. The van der Waals surface area contributed by atoms with Crippen LogP contribution in [-0.4, -0.2) is 64.3 Å². The lowest BCUT2D eigenvalue weighted by molar-refractivity contribution is -0.160. The second kappa shape index (κ2) is 7.85. The number of piperidine rings is 2. The molecule has 5 heteroatoms. The van der Waals surface area contributed by atoms with Crippen molar-refractivity contribution in [3.8, 4) is 0 Å². The highest BCUT2D eigenvalue weighted by molar-refractivity contribution is 5.86. The smallest absolute Gasteiger partial charge is 0.256 e. The Morgan fingerprint density at radius 2 is 2.00 bits per heavy atom. The van der Waals surface area contributed by atoms with Crippen molar-refractivity contribution in [1.29, 1.82) is 0 Å². The Bertz CT molecular complexity index is 598. The van der Waals surface area contributed by atoms with Gasteiger partial charge in [-0.05, 0) is 57.2 Å². The maximum absolute atomic E-state index is 12.9. The highest BCUT2D eigenvalue weighted by Crippen LogP contribution is 2.27. The Balaban J connectivity index is 1.62. The van der Waals surface area contributed by atoms with Gasteiger partial charge < -0.3 is 15.1 Å². The summed E-state index contributed by atoms with van der Waals surface area (Å²) in [5.74, 6) is 0.232. The lowest BCUT2D eigenvalue weighted by Gasteiger charge is -2.42. The number of likely N-dealkylation sites (tertiary alicyclic amines) is 2. The second-order valence-electron chi connectivity index (χ2n) is 7.75. The first kappa shape index (κ1) is 18.4. The predicted molar refractivity (Wildman–Crippen MR) is 97.0 cm³/mol. The van der Waals surface area contributed by atoms with Crippen LogP contribution in [0.1, 0.15) is 36.8 Å². The minimum Gasteiger partial charge on any atom is -0.396 e. The summed E-state index contributed by atoms with van der Waals surface area (Å²) in [6.45, 7) is 5.66. The van der Waals surface area contributed by atoms with E-state index in [2.05, 4.69) is 11.0 Å². The highest BCUT2D eigenvalue weighted by atomic mass is 16.3. The number of β-amino-alcohol motifs (C(OH)–C–C–N with tert-alkyl or cyclic N) is 1. The number of amides is 1. The van der Waals surface area contributed by atoms with Crippen molar-refractivity contribution in [2.45, 2.75) is 44.8 Å². The van der Waals surface area contributed by atoms with E-state index >= 15 is 0 Å². The van der Waals surface area contributed by atoms with Crippen LogP contribution in [0.15, 0.2) is 24.3 Å². The number of carbonyl (C=O) groups excluding carboxylic acids is 1.